The van der Waals surface area contributed by atoms with Gasteiger partial charge < -0.3 is 14.8 Å². The highest BCUT2D eigenvalue weighted by molar-refractivity contribution is 6.34. The zero-order valence-electron chi connectivity index (χ0n) is 10.7. The average Bonchev–Trinajstić information content (AvgIpc) is 2.68. The first-order valence-electron chi connectivity index (χ1n) is 5.67. The first-order chi connectivity index (χ1) is 9.40. The van der Waals surface area contributed by atoms with E-state index in [-0.39, 0.29) is 22.0 Å². The van der Waals surface area contributed by atoms with Crippen molar-refractivity contribution in [2.24, 2.45) is 0 Å². The van der Waals surface area contributed by atoms with Gasteiger partial charge in [-0.3, -0.25) is 4.79 Å². The first-order valence-corrected chi connectivity index (χ1v) is 6.05. The highest BCUT2D eigenvalue weighted by Crippen LogP contribution is 2.25. The van der Waals surface area contributed by atoms with Crippen LogP contribution in [0.2, 0.25) is 5.02 Å². The van der Waals surface area contributed by atoms with Crippen LogP contribution in [-0.2, 0) is 0 Å². The lowest BCUT2D eigenvalue weighted by Gasteiger charge is -2.08. The number of benzene rings is 1. The van der Waals surface area contributed by atoms with Gasteiger partial charge in [-0.15, -0.1) is 0 Å². The standard InChI is InChI=1S/C13H11ClN2O4/c1-6-11(20-7(2)15-6)12(17)16-9-5-3-4-8(14)10(9)13(18)19/h3-5H,1-2H3,(H,16,17)(H,18,19). The molecule has 1 heterocycles. The zero-order chi connectivity index (χ0) is 14.9. The number of nitrogens with one attached hydrogen (secondary N) is 1. The molecule has 0 aliphatic heterocycles. The van der Waals surface area contributed by atoms with E-state index in [0.717, 1.165) is 0 Å². The Morgan fingerprint density at radius 1 is 1.35 bits per heavy atom. The summed E-state index contributed by atoms with van der Waals surface area (Å²) in [5.74, 6) is -1.40. The number of aromatic nitrogens is 1. The fourth-order valence-electron chi connectivity index (χ4n) is 1.77. The van der Waals surface area contributed by atoms with Crippen LogP contribution < -0.4 is 5.32 Å². The van der Waals surface area contributed by atoms with Gasteiger partial charge in [0.2, 0.25) is 5.76 Å². The number of anilines is 1. The van der Waals surface area contributed by atoms with E-state index < -0.39 is 11.9 Å². The molecular weight excluding hydrogens is 284 g/mol. The molecule has 0 saturated heterocycles. The summed E-state index contributed by atoms with van der Waals surface area (Å²) in [6.07, 6.45) is 0. The van der Waals surface area contributed by atoms with E-state index in [1.165, 1.54) is 12.1 Å². The molecule has 0 fully saturated rings. The molecule has 0 bridgehead atoms. The molecule has 0 aliphatic rings. The number of carboxylic acids is 1. The summed E-state index contributed by atoms with van der Waals surface area (Å²) in [5, 5.41) is 11.6. The maximum atomic E-state index is 12.1. The number of aromatic carboxylic acids is 1. The number of carbonyl (C=O) groups excluding carboxylic acids is 1. The number of halogens is 1. The second kappa shape index (κ2) is 5.34. The Hall–Kier alpha value is -2.34. The van der Waals surface area contributed by atoms with E-state index in [1.807, 2.05) is 0 Å². The third-order valence-corrected chi connectivity index (χ3v) is 2.90. The summed E-state index contributed by atoms with van der Waals surface area (Å²) in [6, 6.07) is 4.43. The van der Waals surface area contributed by atoms with Crippen molar-refractivity contribution in [3.05, 3.63) is 46.1 Å². The van der Waals surface area contributed by atoms with Gasteiger partial charge in [0.05, 0.1) is 16.4 Å². The van der Waals surface area contributed by atoms with Crippen LogP contribution >= 0.6 is 11.6 Å². The third kappa shape index (κ3) is 2.65. The topological polar surface area (TPSA) is 92.4 Å². The number of amides is 1. The van der Waals surface area contributed by atoms with Crippen molar-refractivity contribution >= 4 is 29.2 Å². The van der Waals surface area contributed by atoms with E-state index in [4.69, 9.17) is 21.1 Å². The number of carboxylic acid groups (broad SMARTS) is 1. The summed E-state index contributed by atoms with van der Waals surface area (Å²) in [6.45, 7) is 3.24. The van der Waals surface area contributed by atoms with Crippen molar-refractivity contribution in [1.29, 1.82) is 0 Å². The van der Waals surface area contributed by atoms with Gasteiger partial charge in [-0.25, -0.2) is 9.78 Å². The minimum Gasteiger partial charge on any atom is -0.478 e. The zero-order valence-corrected chi connectivity index (χ0v) is 11.5. The lowest BCUT2D eigenvalue weighted by Crippen LogP contribution is -2.15. The van der Waals surface area contributed by atoms with Gasteiger partial charge in [0.25, 0.3) is 5.91 Å². The molecule has 0 unspecified atom stereocenters. The number of rotatable bonds is 3. The molecule has 20 heavy (non-hydrogen) atoms. The Kier molecular flexibility index (Phi) is 3.76. The van der Waals surface area contributed by atoms with E-state index in [9.17, 15) is 9.59 Å². The fraction of sp³-hybridized carbons (Fsp3) is 0.154. The quantitative estimate of drug-likeness (QED) is 0.908. The lowest BCUT2D eigenvalue weighted by molar-refractivity contribution is 0.0698. The molecule has 2 N–H and O–H groups in total. The summed E-state index contributed by atoms with van der Waals surface area (Å²) >= 11 is 5.82. The van der Waals surface area contributed by atoms with E-state index in [0.29, 0.717) is 11.6 Å². The van der Waals surface area contributed by atoms with Crippen LogP contribution in [0.15, 0.2) is 22.6 Å². The molecule has 1 amide bonds. The van der Waals surface area contributed by atoms with Crippen molar-refractivity contribution in [1.82, 2.24) is 4.98 Å². The summed E-state index contributed by atoms with van der Waals surface area (Å²) in [5.41, 5.74) is 0.360. The number of aryl methyl sites for hydroxylation is 2. The highest BCUT2D eigenvalue weighted by atomic mass is 35.5. The van der Waals surface area contributed by atoms with E-state index in [2.05, 4.69) is 10.3 Å². The van der Waals surface area contributed by atoms with Crippen LogP contribution in [0.25, 0.3) is 0 Å². The van der Waals surface area contributed by atoms with Crippen molar-refractivity contribution in [2.75, 3.05) is 5.32 Å². The summed E-state index contributed by atoms with van der Waals surface area (Å²) in [7, 11) is 0. The monoisotopic (exact) mass is 294 g/mol. The van der Waals surface area contributed by atoms with Crippen LogP contribution in [0.1, 0.15) is 32.5 Å². The predicted octanol–water partition coefficient (Wildman–Crippen LogP) is 2.90. The molecule has 2 aromatic rings. The van der Waals surface area contributed by atoms with E-state index >= 15 is 0 Å². The molecule has 0 aliphatic carbocycles. The van der Waals surface area contributed by atoms with Gasteiger partial charge in [-0.05, 0) is 19.1 Å². The van der Waals surface area contributed by atoms with Crippen LogP contribution in [0.3, 0.4) is 0 Å². The predicted molar refractivity (Wildman–Crippen MR) is 72.3 cm³/mol. The summed E-state index contributed by atoms with van der Waals surface area (Å²) < 4.78 is 5.18. The van der Waals surface area contributed by atoms with Crippen LogP contribution in [-0.4, -0.2) is 22.0 Å². The van der Waals surface area contributed by atoms with Crippen LogP contribution in [0, 0.1) is 13.8 Å². The highest BCUT2D eigenvalue weighted by Gasteiger charge is 2.20. The normalized spacial score (nSPS) is 10.3. The first kappa shape index (κ1) is 14.1. The molecule has 104 valence electrons. The Morgan fingerprint density at radius 2 is 2.05 bits per heavy atom. The largest absolute Gasteiger partial charge is 0.478 e. The van der Waals surface area contributed by atoms with E-state index in [1.54, 1.807) is 19.9 Å². The Bertz CT molecular complexity index is 694. The minimum absolute atomic E-state index is 0.0406. The maximum absolute atomic E-state index is 12.1. The van der Waals surface area contributed by atoms with Crippen molar-refractivity contribution < 1.29 is 19.1 Å². The van der Waals surface area contributed by atoms with Crippen molar-refractivity contribution in [3.8, 4) is 0 Å². The molecule has 2 rings (SSSR count). The van der Waals surface area contributed by atoms with Crippen molar-refractivity contribution in [2.45, 2.75) is 13.8 Å². The smallest absolute Gasteiger partial charge is 0.339 e. The number of carbonyl (C=O) groups is 2. The number of nitrogens with zero attached hydrogens (tertiary/aromatic N) is 1. The van der Waals surface area contributed by atoms with Gasteiger partial charge in [-0.2, -0.15) is 0 Å². The Labute approximate surface area is 119 Å². The maximum Gasteiger partial charge on any atom is 0.339 e. The number of oxazole rings is 1. The Morgan fingerprint density at radius 3 is 2.60 bits per heavy atom. The van der Waals surface area contributed by atoms with Gasteiger partial charge in [0.15, 0.2) is 5.89 Å². The lowest BCUT2D eigenvalue weighted by atomic mass is 10.1. The van der Waals surface area contributed by atoms with Gasteiger partial charge in [-0.1, -0.05) is 17.7 Å². The molecule has 0 radical (unpaired) electrons. The van der Waals surface area contributed by atoms with Gasteiger partial charge in [0.1, 0.15) is 5.56 Å². The molecule has 1 aromatic carbocycles. The van der Waals surface area contributed by atoms with Crippen LogP contribution in [0.5, 0.6) is 0 Å². The molecule has 1 aromatic heterocycles. The Balaban J connectivity index is 2.36. The molecule has 0 spiro atoms. The number of hydrogen-bond acceptors (Lipinski definition) is 4. The molecular formula is C13H11ClN2O4. The van der Waals surface area contributed by atoms with Gasteiger partial charge in [0, 0.05) is 6.92 Å². The molecule has 0 saturated carbocycles. The van der Waals surface area contributed by atoms with Crippen LogP contribution in [0.4, 0.5) is 5.69 Å². The summed E-state index contributed by atoms with van der Waals surface area (Å²) in [4.78, 5) is 27.2. The third-order valence-electron chi connectivity index (χ3n) is 2.59. The average molecular weight is 295 g/mol. The number of hydrogen-bond donors (Lipinski definition) is 2. The SMILES string of the molecule is Cc1nc(C)c(C(=O)Nc2cccc(Cl)c2C(=O)O)o1. The second-order valence-electron chi connectivity index (χ2n) is 4.07. The second-order valence-corrected chi connectivity index (χ2v) is 4.48. The van der Waals surface area contributed by atoms with Crippen molar-refractivity contribution in [3.63, 3.8) is 0 Å². The fourth-order valence-corrected chi connectivity index (χ4v) is 2.02. The molecule has 6 nitrogen and oxygen atoms in total. The minimum atomic E-state index is -1.23. The van der Waals surface area contributed by atoms with Gasteiger partial charge >= 0.3 is 5.97 Å². The molecule has 7 heteroatoms. The molecule has 0 atom stereocenters.